The molecule has 0 spiro atoms. The van der Waals surface area contributed by atoms with Gasteiger partial charge in [0.2, 0.25) is 0 Å². The number of benzene rings is 2. The first-order valence-corrected chi connectivity index (χ1v) is 13.2. The molecule has 0 atom stereocenters. The summed E-state index contributed by atoms with van der Waals surface area (Å²) in [5.74, 6) is 2.16. The fourth-order valence-electron chi connectivity index (χ4n) is 4.65. The quantitative estimate of drug-likeness (QED) is 0.308. The van der Waals surface area contributed by atoms with Crippen molar-refractivity contribution < 1.29 is 14.3 Å². The lowest BCUT2D eigenvalue weighted by Gasteiger charge is -2.18. The largest absolute Gasteiger partial charge is 0.497 e. The van der Waals surface area contributed by atoms with Crippen molar-refractivity contribution in [2.24, 2.45) is 0 Å². The molecule has 34 heavy (non-hydrogen) atoms. The van der Waals surface area contributed by atoms with E-state index in [1.165, 1.54) is 15.3 Å². The van der Waals surface area contributed by atoms with E-state index in [9.17, 15) is 9.59 Å². The third-order valence-electron chi connectivity index (χ3n) is 6.33. The number of fused-ring (bicyclic) bond motifs is 4. The normalized spacial score (nSPS) is 15.1. The number of aromatic nitrogens is 1. The monoisotopic (exact) mass is 506 g/mol. The lowest BCUT2D eigenvalue weighted by Crippen LogP contribution is -2.29. The molecule has 4 aromatic rings. The van der Waals surface area contributed by atoms with Crippen LogP contribution in [0.15, 0.2) is 48.5 Å². The molecule has 2 aromatic carbocycles. The van der Waals surface area contributed by atoms with Crippen LogP contribution in [0.1, 0.15) is 36.9 Å². The molecule has 8 heteroatoms. The summed E-state index contributed by atoms with van der Waals surface area (Å²) in [7, 11) is 1.64. The third kappa shape index (κ3) is 3.34. The van der Waals surface area contributed by atoms with E-state index in [1.807, 2.05) is 36.0 Å². The highest BCUT2D eigenvalue weighted by molar-refractivity contribution is 7.98. The van der Waals surface area contributed by atoms with Gasteiger partial charge in [-0.1, -0.05) is 35.9 Å². The number of hydrogen-bond acceptors (Lipinski definition) is 6. The molecular weight excluding hydrogens is 488 g/mol. The molecule has 0 saturated heterocycles. The second-order valence-electron chi connectivity index (χ2n) is 8.20. The Morgan fingerprint density at radius 2 is 1.76 bits per heavy atom. The van der Waals surface area contributed by atoms with Crippen molar-refractivity contribution in [1.29, 1.82) is 0 Å². The molecule has 2 amide bonds. The molecule has 4 heterocycles. The fourth-order valence-corrected chi connectivity index (χ4v) is 7.33. The number of nitrogens with zero attached hydrogens (tertiary/aromatic N) is 2. The molecule has 0 saturated carbocycles. The molecule has 0 N–H and O–H groups in total. The highest BCUT2D eigenvalue weighted by Gasteiger charge is 2.36. The van der Waals surface area contributed by atoms with Gasteiger partial charge in [0, 0.05) is 21.6 Å². The predicted molar refractivity (Wildman–Crippen MR) is 137 cm³/mol. The molecule has 0 unspecified atom stereocenters. The Bertz CT molecular complexity index is 1440. The summed E-state index contributed by atoms with van der Waals surface area (Å²) < 4.78 is 5.34. The zero-order valence-corrected chi connectivity index (χ0v) is 20.6. The van der Waals surface area contributed by atoms with Gasteiger partial charge in [-0.05, 0) is 47.6 Å². The maximum absolute atomic E-state index is 13.0. The third-order valence-corrected chi connectivity index (χ3v) is 9.03. The summed E-state index contributed by atoms with van der Waals surface area (Å²) in [6, 6.07) is 14.7. The SMILES string of the molecule is COc1ccc(-c2c(Cl)c(CN3C(=O)c4ccccc4C3=O)nc3sc4c(c23)CCSC4)cc1. The van der Waals surface area contributed by atoms with Crippen LogP contribution in [0.25, 0.3) is 21.3 Å². The van der Waals surface area contributed by atoms with Crippen LogP contribution in [0.5, 0.6) is 5.75 Å². The zero-order valence-electron chi connectivity index (χ0n) is 18.3. The van der Waals surface area contributed by atoms with Gasteiger partial charge in [-0.25, -0.2) is 4.98 Å². The van der Waals surface area contributed by atoms with Gasteiger partial charge in [0.05, 0.1) is 35.5 Å². The summed E-state index contributed by atoms with van der Waals surface area (Å²) in [5, 5.41) is 1.56. The van der Waals surface area contributed by atoms with Crippen LogP contribution in [-0.4, -0.2) is 34.6 Å². The fraction of sp³-hybridized carbons (Fsp3) is 0.192. The number of methoxy groups -OCH3 is 1. The number of hydrogen-bond donors (Lipinski definition) is 0. The van der Waals surface area contributed by atoms with Gasteiger partial charge >= 0.3 is 0 Å². The highest BCUT2D eigenvalue weighted by atomic mass is 35.5. The van der Waals surface area contributed by atoms with E-state index in [2.05, 4.69) is 0 Å². The van der Waals surface area contributed by atoms with Crippen LogP contribution in [0.2, 0.25) is 5.02 Å². The Morgan fingerprint density at radius 3 is 2.44 bits per heavy atom. The number of carbonyl (C=O) groups is 2. The topological polar surface area (TPSA) is 59.5 Å². The summed E-state index contributed by atoms with van der Waals surface area (Å²) in [4.78, 5) is 34.3. The van der Waals surface area contributed by atoms with Crippen molar-refractivity contribution in [3.8, 4) is 16.9 Å². The number of amides is 2. The van der Waals surface area contributed by atoms with Crippen LogP contribution in [0.3, 0.4) is 0 Å². The first-order chi connectivity index (χ1) is 16.6. The van der Waals surface area contributed by atoms with Crippen molar-refractivity contribution in [1.82, 2.24) is 9.88 Å². The van der Waals surface area contributed by atoms with Crippen LogP contribution >= 0.6 is 34.7 Å². The summed E-state index contributed by atoms with van der Waals surface area (Å²) in [5.41, 5.74) is 4.55. The van der Waals surface area contributed by atoms with Crippen molar-refractivity contribution in [2.75, 3.05) is 12.9 Å². The summed E-state index contributed by atoms with van der Waals surface area (Å²) in [6.07, 6.45) is 0.971. The van der Waals surface area contributed by atoms with Gasteiger partial charge in [-0.15, -0.1) is 11.3 Å². The second kappa shape index (κ2) is 8.41. The van der Waals surface area contributed by atoms with Gasteiger partial charge in [0.15, 0.2) is 0 Å². The molecule has 0 radical (unpaired) electrons. The average molecular weight is 507 g/mol. The number of aryl methyl sites for hydroxylation is 1. The summed E-state index contributed by atoms with van der Waals surface area (Å²) in [6.45, 7) is 0.0294. The summed E-state index contributed by atoms with van der Waals surface area (Å²) >= 11 is 10.6. The molecule has 0 bridgehead atoms. The van der Waals surface area contributed by atoms with E-state index in [-0.39, 0.29) is 18.4 Å². The highest BCUT2D eigenvalue weighted by Crippen LogP contribution is 2.46. The Hall–Kier alpha value is -2.87. The van der Waals surface area contributed by atoms with E-state index >= 15 is 0 Å². The molecule has 2 aliphatic heterocycles. The minimum absolute atomic E-state index is 0.0294. The van der Waals surface area contributed by atoms with E-state index in [0.717, 1.165) is 45.0 Å². The van der Waals surface area contributed by atoms with Gasteiger partial charge in [-0.3, -0.25) is 14.5 Å². The van der Waals surface area contributed by atoms with Gasteiger partial charge in [0.1, 0.15) is 10.6 Å². The van der Waals surface area contributed by atoms with Crippen molar-refractivity contribution >= 4 is 56.7 Å². The van der Waals surface area contributed by atoms with E-state index in [0.29, 0.717) is 21.8 Å². The van der Waals surface area contributed by atoms with Crippen LogP contribution in [0, 0.1) is 0 Å². The standard InChI is InChI=1S/C26H19ClN2O3S2/c1-32-15-8-6-14(7-9-15)21-22-18-10-11-33-13-20(18)34-24(22)28-19(23(21)27)12-29-25(30)16-4-2-3-5-17(16)26(29)31/h2-9H,10-13H2,1H3. The maximum Gasteiger partial charge on any atom is 0.261 e. The number of rotatable bonds is 4. The van der Waals surface area contributed by atoms with Gasteiger partial charge in [-0.2, -0.15) is 11.8 Å². The molecule has 0 aliphatic carbocycles. The average Bonchev–Trinajstić information content (AvgIpc) is 3.35. The van der Waals surface area contributed by atoms with Gasteiger partial charge in [0.25, 0.3) is 11.8 Å². The van der Waals surface area contributed by atoms with Crippen molar-refractivity contribution in [3.63, 3.8) is 0 Å². The molecular formula is C26H19ClN2O3S2. The molecule has 5 nitrogen and oxygen atoms in total. The minimum Gasteiger partial charge on any atom is -0.497 e. The Balaban J connectivity index is 1.51. The van der Waals surface area contributed by atoms with Crippen LogP contribution < -0.4 is 4.74 Å². The predicted octanol–water partition coefficient (Wildman–Crippen LogP) is 6.21. The van der Waals surface area contributed by atoms with Gasteiger partial charge < -0.3 is 4.74 Å². The first-order valence-electron chi connectivity index (χ1n) is 10.9. The van der Waals surface area contributed by atoms with Crippen molar-refractivity contribution in [3.05, 3.63) is 80.8 Å². The zero-order chi connectivity index (χ0) is 23.4. The number of ether oxygens (including phenoxy) is 1. The van der Waals surface area contributed by atoms with E-state index in [1.54, 1.807) is 42.7 Å². The number of pyridine rings is 1. The van der Waals surface area contributed by atoms with Crippen LogP contribution in [-0.2, 0) is 18.7 Å². The number of thioether (sulfide) groups is 1. The lowest BCUT2D eigenvalue weighted by atomic mass is 9.97. The molecule has 2 aliphatic rings. The minimum atomic E-state index is -0.313. The molecule has 170 valence electrons. The Labute approximate surface area is 209 Å². The van der Waals surface area contributed by atoms with Crippen LogP contribution in [0.4, 0.5) is 0 Å². The first kappa shape index (κ1) is 21.6. The van der Waals surface area contributed by atoms with E-state index in [4.69, 9.17) is 21.3 Å². The smallest absolute Gasteiger partial charge is 0.261 e. The van der Waals surface area contributed by atoms with Crippen molar-refractivity contribution in [2.45, 2.75) is 18.7 Å². The molecule has 0 fully saturated rings. The number of carbonyl (C=O) groups excluding carboxylic acids is 2. The second-order valence-corrected chi connectivity index (χ2v) is 10.8. The lowest BCUT2D eigenvalue weighted by molar-refractivity contribution is 0.0640. The number of halogens is 1. The molecule has 6 rings (SSSR count). The Morgan fingerprint density at radius 1 is 1.06 bits per heavy atom. The number of imide groups is 1. The molecule has 2 aromatic heterocycles. The number of thiophene rings is 1. The maximum atomic E-state index is 13.0. The van der Waals surface area contributed by atoms with E-state index < -0.39 is 0 Å². The Kier molecular flexibility index (Phi) is 5.36.